The van der Waals surface area contributed by atoms with E-state index in [1.54, 1.807) is 0 Å². The van der Waals surface area contributed by atoms with E-state index in [2.05, 4.69) is 10.3 Å². The zero-order chi connectivity index (χ0) is 17.1. The van der Waals surface area contributed by atoms with Crippen molar-refractivity contribution in [1.82, 2.24) is 4.98 Å². The van der Waals surface area contributed by atoms with Crippen LogP contribution in [0, 0.1) is 12.8 Å². The van der Waals surface area contributed by atoms with Gasteiger partial charge in [0.1, 0.15) is 5.52 Å². The number of oxazole rings is 1. The van der Waals surface area contributed by atoms with Gasteiger partial charge in [0, 0.05) is 23.2 Å². The molecule has 0 fully saturated rings. The van der Waals surface area contributed by atoms with Crippen LogP contribution >= 0.6 is 0 Å². The minimum absolute atomic E-state index is 0.0398. The first-order valence-electron chi connectivity index (χ1n) is 8.39. The molecule has 0 spiro atoms. The summed E-state index contributed by atoms with van der Waals surface area (Å²) in [5.74, 6) is 0.697. The second-order valence-electron chi connectivity index (χ2n) is 6.02. The van der Waals surface area contributed by atoms with Crippen LogP contribution in [-0.4, -0.2) is 10.9 Å². The fraction of sp³-hybridized carbons (Fsp3) is 0.300. The van der Waals surface area contributed by atoms with Crippen molar-refractivity contribution in [3.8, 4) is 11.5 Å². The number of hydrogen-bond acceptors (Lipinski definition) is 3. The van der Waals surface area contributed by atoms with Crippen molar-refractivity contribution in [1.29, 1.82) is 0 Å². The van der Waals surface area contributed by atoms with Crippen LogP contribution in [0.3, 0.4) is 0 Å². The first-order chi connectivity index (χ1) is 11.6. The Bertz CT molecular complexity index is 863. The molecule has 0 saturated heterocycles. The zero-order valence-electron chi connectivity index (χ0n) is 14.3. The Morgan fingerprint density at radius 3 is 2.62 bits per heavy atom. The van der Waals surface area contributed by atoms with Crippen molar-refractivity contribution < 1.29 is 9.21 Å². The van der Waals surface area contributed by atoms with Gasteiger partial charge < -0.3 is 9.73 Å². The Balaban J connectivity index is 1.89. The van der Waals surface area contributed by atoms with E-state index in [0.29, 0.717) is 11.5 Å². The fourth-order valence-electron chi connectivity index (χ4n) is 2.83. The third kappa shape index (κ3) is 3.18. The monoisotopic (exact) mass is 322 g/mol. The molecular formula is C20H22N2O2. The number of carbonyl (C=O) groups excluding carboxylic acids is 1. The number of amides is 1. The molecule has 124 valence electrons. The summed E-state index contributed by atoms with van der Waals surface area (Å²) >= 11 is 0. The molecule has 3 rings (SSSR count). The van der Waals surface area contributed by atoms with Gasteiger partial charge in [-0.15, -0.1) is 0 Å². The molecule has 24 heavy (non-hydrogen) atoms. The van der Waals surface area contributed by atoms with Gasteiger partial charge in [-0.05, 0) is 43.5 Å². The van der Waals surface area contributed by atoms with E-state index >= 15 is 0 Å². The molecule has 0 saturated carbocycles. The molecule has 0 aliphatic heterocycles. The molecule has 0 aliphatic rings. The first-order valence-corrected chi connectivity index (χ1v) is 8.39. The summed E-state index contributed by atoms with van der Waals surface area (Å²) in [5.41, 5.74) is 4.30. The van der Waals surface area contributed by atoms with Crippen molar-refractivity contribution in [2.75, 3.05) is 5.32 Å². The lowest BCUT2D eigenvalue weighted by Gasteiger charge is -2.12. The number of aromatic nitrogens is 1. The molecule has 0 unspecified atom stereocenters. The maximum Gasteiger partial charge on any atom is 0.227 e. The highest BCUT2D eigenvalue weighted by molar-refractivity contribution is 5.94. The second kappa shape index (κ2) is 6.87. The van der Waals surface area contributed by atoms with Gasteiger partial charge in [-0.1, -0.05) is 32.0 Å². The molecule has 1 amide bonds. The second-order valence-corrected chi connectivity index (χ2v) is 6.02. The number of fused-ring (bicyclic) bond motifs is 1. The summed E-state index contributed by atoms with van der Waals surface area (Å²) in [6.45, 7) is 6.09. The van der Waals surface area contributed by atoms with E-state index in [4.69, 9.17) is 4.42 Å². The highest BCUT2D eigenvalue weighted by Crippen LogP contribution is 2.28. The number of anilines is 1. The molecule has 0 aliphatic carbocycles. The molecule has 3 aromatic rings. The maximum atomic E-state index is 12.2. The topological polar surface area (TPSA) is 55.1 Å². The summed E-state index contributed by atoms with van der Waals surface area (Å²) in [5, 5.41) is 2.97. The quantitative estimate of drug-likeness (QED) is 0.704. The molecule has 4 heteroatoms. The van der Waals surface area contributed by atoms with Crippen LogP contribution in [0.1, 0.15) is 32.3 Å². The van der Waals surface area contributed by atoms with Crippen molar-refractivity contribution >= 4 is 22.7 Å². The number of carbonyl (C=O) groups is 1. The highest BCUT2D eigenvalue weighted by Gasteiger charge is 2.15. The van der Waals surface area contributed by atoms with E-state index in [1.807, 2.05) is 63.2 Å². The van der Waals surface area contributed by atoms with Crippen LogP contribution in [0.2, 0.25) is 0 Å². The lowest BCUT2D eigenvalue weighted by atomic mass is 10.0. The van der Waals surface area contributed by atoms with Crippen LogP contribution in [-0.2, 0) is 4.79 Å². The lowest BCUT2D eigenvalue weighted by Crippen LogP contribution is -2.21. The Labute approximate surface area is 141 Å². The lowest BCUT2D eigenvalue weighted by molar-refractivity contribution is -0.120. The molecule has 0 radical (unpaired) electrons. The zero-order valence-corrected chi connectivity index (χ0v) is 14.3. The Morgan fingerprint density at radius 2 is 1.92 bits per heavy atom. The standard InChI is InChI=1S/C20H22N2O2/c1-4-14(5-2)19(23)21-15-10-11-17-18(12-15)24-20(22-17)16-9-7-6-8-13(16)3/h6-12,14H,4-5H2,1-3H3,(H,21,23). The summed E-state index contributed by atoms with van der Waals surface area (Å²) in [4.78, 5) is 16.8. The molecule has 1 aromatic heterocycles. The van der Waals surface area contributed by atoms with Gasteiger partial charge in [0.25, 0.3) is 0 Å². The number of rotatable bonds is 5. The largest absolute Gasteiger partial charge is 0.436 e. The minimum Gasteiger partial charge on any atom is -0.436 e. The number of nitrogens with zero attached hydrogens (tertiary/aromatic N) is 1. The normalized spacial score (nSPS) is 11.2. The summed E-state index contributed by atoms with van der Waals surface area (Å²) in [7, 11) is 0. The van der Waals surface area contributed by atoms with Gasteiger partial charge in [-0.25, -0.2) is 4.98 Å². The van der Waals surface area contributed by atoms with E-state index in [0.717, 1.165) is 35.2 Å². The van der Waals surface area contributed by atoms with E-state index in [-0.39, 0.29) is 11.8 Å². The van der Waals surface area contributed by atoms with Crippen LogP contribution in [0.4, 0.5) is 5.69 Å². The Kier molecular flexibility index (Phi) is 4.65. The van der Waals surface area contributed by atoms with Gasteiger partial charge in [-0.3, -0.25) is 4.79 Å². The average molecular weight is 322 g/mol. The van der Waals surface area contributed by atoms with Crippen LogP contribution in [0.15, 0.2) is 46.9 Å². The predicted octanol–water partition coefficient (Wildman–Crippen LogP) is 5.18. The smallest absolute Gasteiger partial charge is 0.227 e. The number of benzene rings is 2. The van der Waals surface area contributed by atoms with Gasteiger partial charge >= 0.3 is 0 Å². The van der Waals surface area contributed by atoms with E-state index in [1.165, 1.54) is 0 Å². The molecule has 1 heterocycles. The van der Waals surface area contributed by atoms with Crippen molar-refractivity contribution in [2.24, 2.45) is 5.92 Å². The molecule has 0 bridgehead atoms. The predicted molar refractivity (Wildman–Crippen MR) is 96.9 cm³/mol. The van der Waals surface area contributed by atoms with Gasteiger partial charge in [0.05, 0.1) is 0 Å². The van der Waals surface area contributed by atoms with Crippen molar-refractivity contribution in [3.63, 3.8) is 0 Å². The van der Waals surface area contributed by atoms with Gasteiger partial charge in [0.2, 0.25) is 11.8 Å². The van der Waals surface area contributed by atoms with Crippen LogP contribution in [0.5, 0.6) is 0 Å². The minimum atomic E-state index is 0.0398. The summed E-state index contributed by atoms with van der Waals surface area (Å²) < 4.78 is 5.91. The molecule has 0 atom stereocenters. The average Bonchev–Trinajstić information content (AvgIpc) is 2.99. The number of aryl methyl sites for hydroxylation is 1. The van der Waals surface area contributed by atoms with Crippen LogP contribution < -0.4 is 5.32 Å². The maximum absolute atomic E-state index is 12.2. The Hall–Kier alpha value is -2.62. The highest BCUT2D eigenvalue weighted by atomic mass is 16.3. The summed E-state index contributed by atoms with van der Waals surface area (Å²) in [6, 6.07) is 13.6. The molecule has 1 N–H and O–H groups in total. The van der Waals surface area contributed by atoms with E-state index in [9.17, 15) is 4.79 Å². The first kappa shape index (κ1) is 16.2. The Morgan fingerprint density at radius 1 is 1.17 bits per heavy atom. The molecule has 2 aromatic carbocycles. The van der Waals surface area contributed by atoms with Gasteiger partial charge in [0.15, 0.2) is 5.58 Å². The number of nitrogens with one attached hydrogen (secondary N) is 1. The van der Waals surface area contributed by atoms with Crippen molar-refractivity contribution in [3.05, 3.63) is 48.0 Å². The number of hydrogen-bond donors (Lipinski definition) is 1. The fourth-order valence-corrected chi connectivity index (χ4v) is 2.83. The van der Waals surface area contributed by atoms with Crippen LogP contribution in [0.25, 0.3) is 22.6 Å². The SMILES string of the molecule is CCC(CC)C(=O)Nc1ccc2nc(-c3ccccc3C)oc2c1. The molecule has 4 nitrogen and oxygen atoms in total. The molecular weight excluding hydrogens is 300 g/mol. The van der Waals surface area contributed by atoms with Crippen molar-refractivity contribution in [2.45, 2.75) is 33.6 Å². The third-order valence-corrected chi connectivity index (χ3v) is 4.39. The third-order valence-electron chi connectivity index (χ3n) is 4.39. The van der Waals surface area contributed by atoms with E-state index < -0.39 is 0 Å². The van der Waals surface area contributed by atoms with Gasteiger partial charge in [-0.2, -0.15) is 0 Å². The summed E-state index contributed by atoms with van der Waals surface area (Å²) in [6.07, 6.45) is 1.68.